The fraction of sp³-hybridized carbons (Fsp3) is 0.500. The van der Waals surface area contributed by atoms with Crippen molar-refractivity contribution in [2.75, 3.05) is 32.0 Å². The minimum absolute atomic E-state index is 0.0484. The lowest BCUT2D eigenvalue weighted by atomic mass is 9.96. The Labute approximate surface area is 134 Å². The number of piperidine rings is 1. The summed E-state index contributed by atoms with van der Waals surface area (Å²) in [5.41, 5.74) is 0.243. The van der Waals surface area contributed by atoms with Crippen LogP contribution in [0.15, 0.2) is 18.2 Å². The molecule has 0 aromatic heterocycles. The lowest BCUT2D eigenvalue weighted by Gasteiger charge is -2.30. The highest BCUT2D eigenvalue weighted by Crippen LogP contribution is 2.18. The highest BCUT2D eigenvalue weighted by Gasteiger charge is 2.24. The SMILES string of the molecule is CNC(=O)C1CCN(CCC(=O)Nc2ccc(F)c(F)c2)CC1. The molecule has 23 heavy (non-hydrogen) atoms. The van der Waals surface area contributed by atoms with E-state index in [9.17, 15) is 18.4 Å². The molecule has 1 saturated heterocycles. The molecule has 5 nitrogen and oxygen atoms in total. The zero-order valence-corrected chi connectivity index (χ0v) is 13.1. The van der Waals surface area contributed by atoms with Crippen LogP contribution in [0.25, 0.3) is 0 Å². The van der Waals surface area contributed by atoms with Gasteiger partial charge in [0.15, 0.2) is 11.6 Å². The smallest absolute Gasteiger partial charge is 0.225 e. The van der Waals surface area contributed by atoms with Gasteiger partial charge in [0.1, 0.15) is 0 Å². The molecule has 7 heteroatoms. The normalized spacial score (nSPS) is 16.1. The molecule has 2 amide bonds. The molecule has 2 rings (SSSR count). The van der Waals surface area contributed by atoms with Gasteiger partial charge in [-0.2, -0.15) is 0 Å². The van der Waals surface area contributed by atoms with Crippen molar-refractivity contribution in [1.82, 2.24) is 10.2 Å². The number of hydrogen-bond donors (Lipinski definition) is 2. The largest absolute Gasteiger partial charge is 0.359 e. The van der Waals surface area contributed by atoms with E-state index in [0.29, 0.717) is 6.54 Å². The van der Waals surface area contributed by atoms with Gasteiger partial charge in [-0.05, 0) is 38.1 Å². The number of likely N-dealkylation sites (tertiary alicyclic amines) is 1. The number of nitrogens with zero attached hydrogens (tertiary/aromatic N) is 1. The summed E-state index contributed by atoms with van der Waals surface area (Å²) in [6, 6.07) is 3.27. The van der Waals surface area contributed by atoms with Crippen LogP contribution in [0.5, 0.6) is 0 Å². The average Bonchev–Trinajstić information content (AvgIpc) is 2.56. The lowest BCUT2D eigenvalue weighted by Crippen LogP contribution is -2.40. The number of rotatable bonds is 5. The number of anilines is 1. The van der Waals surface area contributed by atoms with E-state index >= 15 is 0 Å². The van der Waals surface area contributed by atoms with E-state index in [-0.39, 0.29) is 29.8 Å². The summed E-state index contributed by atoms with van der Waals surface area (Å²) in [7, 11) is 1.64. The van der Waals surface area contributed by atoms with Crippen LogP contribution >= 0.6 is 0 Å². The Morgan fingerprint density at radius 1 is 1.22 bits per heavy atom. The lowest BCUT2D eigenvalue weighted by molar-refractivity contribution is -0.126. The molecule has 0 aliphatic carbocycles. The van der Waals surface area contributed by atoms with Gasteiger partial charge in [-0.3, -0.25) is 9.59 Å². The Balaban J connectivity index is 1.73. The second-order valence-corrected chi connectivity index (χ2v) is 5.66. The second-order valence-electron chi connectivity index (χ2n) is 5.66. The van der Waals surface area contributed by atoms with E-state index in [1.54, 1.807) is 7.05 Å². The summed E-state index contributed by atoms with van der Waals surface area (Å²) in [5.74, 6) is -2.06. The molecule has 0 bridgehead atoms. The van der Waals surface area contributed by atoms with Crippen LogP contribution in [0.4, 0.5) is 14.5 Å². The van der Waals surface area contributed by atoms with Crippen LogP contribution in [-0.4, -0.2) is 43.4 Å². The Bertz CT molecular complexity index is 572. The zero-order valence-electron chi connectivity index (χ0n) is 13.1. The minimum atomic E-state index is -0.987. The van der Waals surface area contributed by atoms with Crippen LogP contribution in [-0.2, 0) is 9.59 Å². The first kappa shape index (κ1) is 17.3. The molecular weight excluding hydrogens is 304 g/mol. The number of benzene rings is 1. The molecule has 1 aliphatic heterocycles. The Morgan fingerprint density at radius 3 is 2.52 bits per heavy atom. The molecule has 2 N–H and O–H groups in total. The summed E-state index contributed by atoms with van der Waals surface area (Å²) >= 11 is 0. The van der Waals surface area contributed by atoms with Crippen molar-refractivity contribution in [3.8, 4) is 0 Å². The predicted octanol–water partition coefficient (Wildman–Crippen LogP) is 1.75. The number of carbonyl (C=O) groups is 2. The van der Waals surface area contributed by atoms with Gasteiger partial charge in [-0.15, -0.1) is 0 Å². The molecule has 1 aliphatic rings. The van der Waals surface area contributed by atoms with Crippen molar-refractivity contribution in [2.45, 2.75) is 19.3 Å². The number of carbonyl (C=O) groups excluding carboxylic acids is 2. The zero-order chi connectivity index (χ0) is 16.8. The van der Waals surface area contributed by atoms with Crippen molar-refractivity contribution in [3.63, 3.8) is 0 Å². The third-order valence-corrected chi connectivity index (χ3v) is 4.06. The highest BCUT2D eigenvalue weighted by molar-refractivity contribution is 5.90. The molecule has 126 valence electrons. The Morgan fingerprint density at radius 2 is 1.91 bits per heavy atom. The summed E-state index contributed by atoms with van der Waals surface area (Å²) in [5, 5.41) is 5.21. The van der Waals surface area contributed by atoms with E-state index in [0.717, 1.165) is 38.1 Å². The molecule has 0 unspecified atom stereocenters. The number of hydrogen-bond acceptors (Lipinski definition) is 3. The fourth-order valence-corrected chi connectivity index (χ4v) is 2.68. The topological polar surface area (TPSA) is 61.4 Å². The number of halogens is 2. The van der Waals surface area contributed by atoms with Crippen LogP contribution in [0.3, 0.4) is 0 Å². The van der Waals surface area contributed by atoms with Crippen molar-refractivity contribution >= 4 is 17.5 Å². The maximum absolute atomic E-state index is 13.1. The van der Waals surface area contributed by atoms with Gasteiger partial charge >= 0.3 is 0 Å². The second kappa shape index (κ2) is 8.01. The standard InChI is InChI=1S/C16H21F2N3O2/c1-19-16(23)11-4-7-21(8-5-11)9-6-15(22)20-12-2-3-13(17)14(18)10-12/h2-3,10-11H,4-9H2,1H3,(H,19,23)(H,20,22). The Hall–Kier alpha value is -2.02. The monoisotopic (exact) mass is 325 g/mol. The number of nitrogens with one attached hydrogen (secondary N) is 2. The van der Waals surface area contributed by atoms with Gasteiger partial charge in [0.2, 0.25) is 11.8 Å². The van der Waals surface area contributed by atoms with E-state index < -0.39 is 11.6 Å². The quantitative estimate of drug-likeness (QED) is 0.867. The fourth-order valence-electron chi connectivity index (χ4n) is 2.68. The van der Waals surface area contributed by atoms with Crippen molar-refractivity contribution < 1.29 is 18.4 Å². The van der Waals surface area contributed by atoms with E-state index in [1.807, 2.05) is 0 Å². The first-order valence-electron chi connectivity index (χ1n) is 7.68. The molecule has 1 fully saturated rings. The summed E-state index contributed by atoms with van der Waals surface area (Å²) < 4.78 is 25.9. The molecule has 0 atom stereocenters. The maximum atomic E-state index is 13.1. The molecule has 0 spiro atoms. The first-order valence-corrected chi connectivity index (χ1v) is 7.68. The molecule has 1 aromatic carbocycles. The van der Waals surface area contributed by atoms with Gasteiger partial charge in [0.25, 0.3) is 0 Å². The molecule has 0 radical (unpaired) electrons. The Kier molecular flexibility index (Phi) is 6.04. The summed E-state index contributed by atoms with van der Waals surface area (Å²) in [4.78, 5) is 25.5. The highest BCUT2D eigenvalue weighted by atomic mass is 19.2. The molecule has 1 aromatic rings. The maximum Gasteiger partial charge on any atom is 0.225 e. The third-order valence-electron chi connectivity index (χ3n) is 4.06. The predicted molar refractivity (Wildman–Crippen MR) is 82.8 cm³/mol. The van der Waals surface area contributed by atoms with E-state index in [2.05, 4.69) is 15.5 Å². The van der Waals surface area contributed by atoms with Crippen LogP contribution in [0, 0.1) is 17.6 Å². The summed E-state index contributed by atoms with van der Waals surface area (Å²) in [6.07, 6.45) is 1.83. The number of amides is 2. The van der Waals surface area contributed by atoms with Gasteiger partial charge in [-0.25, -0.2) is 8.78 Å². The molecule has 1 heterocycles. The third kappa shape index (κ3) is 4.99. The van der Waals surface area contributed by atoms with Crippen LogP contribution in [0.1, 0.15) is 19.3 Å². The van der Waals surface area contributed by atoms with Gasteiger partial charge in [-0.1, -0.05) is 0 Å². The summed E-state index contributed by atoms with van der Waals surface area (Å²) in [6.45, 7) is 2.13. The van der Waals surface area contributed by atoms with Gasteiger partial charge in [0.05, 0.1) is 0 Å². The average molecular weight is 325 g/mol. The van der Waals surface area contributed by atoms with Gasteiger partial charge in [0, 0.05) is 37.7 Å². The molecule has 0 saturated carbocycles. The van der Waals surface area contributed by atoms with Crippen LogP contribution in [0.2, 0.25) is 0 Å². The van der Waals surface area contributed by atoms with Crippen LogP contribution < -0.4 is 10.6 Å². The first-order chi connectivity index (χ1) is 11.0. The van der Waals surface area contributed by atoms with Crippen molar-refractivity contribution in [3.05, 3.63) is 29.8 Å². The molecular formula is C16H21F2N3O2. The van der Waals surface area contributed by atoms with Gasteiger partial charge < -0.3 is 15.5 Å². The van der Waals surface area contributed by atoms with E-state index in [4.69, 9.17) is 0 Å². The minimum Gasteiger partial charge on any atom is -0.359 e. The van der Waals surface area contributed by atoms with Crippen molar-refractivity contribution in [1.29, 1.82) is 0 Å². The van der Waals surface area contributed by atoms with Crippen molar-refractivity contribution in [2.24, 2.45) is 5.92 Å². The van der Waals surface area contributed by atoms with E-state index in [1.165, 1.54) is 6.07 Å².